The van der Waals surface area contributed by atoms with Crippen LogP contribution < -0.4 is 10.1 Å². The third-order valence-electron chi connectivity index (χ3n) is 3.33. The Morgan fingerprint density at radius 1 is 1.29 bits per heavy atom. The van der Waals surface area contributed by atoms with Crippen LogP contribution in [0.15, 0.2) is 18.2 Å². The number of carbonyl (C=O) groups excluding carboxylic acids is 2. The van der Waals surface area contributed by atoms with E-state index in [9.17, 15) is 9.59 Å². The number of anilines is 1. The summed E-state index contributed by atoms with van der Waals surface area (Å²) < 4.78 is 5.26. The largest absolute Gasteiger partial charge is 0.496 e. The van der Waals surface area contributed by atoms with E-state index in [0.29, 0.717) is 27.9 Å². The van der Waals surface area contributed by atoms with Crippen LogP contribution in [0.3, 0.4) is 0 Å². The average molecular weight is 347 g/mol. The highest BCUT2D eigenvalue weighted by molar-refractivity contribution is 7.15. The van der Waals surface area contributed by atoms with Crippen molar-refractivity contribution in [3.05, 3.63) is 34.3 Å². The second-order valence-electron chi connectivity index (χ2n) is 5.91. The molecule has 1 aromatic carbocycles. The Bertz CT molecular complexity index is 740. The number of ether oxygens (including phenoxy) is 1. The number of hydrogen-bond acceptors (Lipinski definition) is 6. The zero-order chi connectivity index (χ0) is 17.7. The highest BCUT2D eigenvalue weighted by atomic mass is 32.1. The van der Waals surface area contributed by atoms with Crippen LogP contribution in [0.1, 0.15) is 41.7 Å². The van der Waals surface area contributed by atoms with Crippen LogP contribution in [-0.4, -0.2) is 29.0 Å². The van der Waals surface area contributed by atoms with E-state index in [4.69, 9.17) is 4.74 Å². The maximum Gasteiger partial charge on any atom is 0.230 e. The van der Waals surface area contributed by atoms with Crippen molar-refractivity contribution in [3.63, 3.8) is 0 Å². The maximum atomic E-state index is 12.2. The van der Waals surface area contributed by atoms with E-state index in [1.54, 1.807) is 18.2 Å². The van der Waals surface area contributed by atoms with Crippen molar-refractivity contribution in [2.75, 3.05) is 12.4 Å². The fourth-order valence-corrected chi connectivity index (χ4v) is 3.18. The van der Waals surface area contributed by atoms with Crippen molar-refractivity contribution >= 4 is 28.2 Å². The molecule has 7 heteroatoms. The predicted molar refractivity (Wildman–Crippen MR) is 93.8 cm³/mol. The first-order valence-corrected chi connectivity index (χ1v) is 8.50. The number of amides is 1. The van der Waals surface area contributed by atoms with Crippen molar-refractivity contribution in [2.24, 2.45) is 5.92 Å². The SMILES string of the molecule is COc1ccc(C(C)=O)cc1CC(=O)Nc1nnc(CC(C)C)s1. The van der Waals surface area contributed by atoms with Gasteiger partial charge >= 0.3 is 0 Å². The number of rotatable bonds is 7. The number of aromatic nitrogens is 2. The van der Waals surface area contributed by atoms with Gasteiger partial charge in [0.25, 0.3) is 0 Å². The number of ketones is 1. The summed E-state index contributed by atoms with van der Waals surface area (Å²) in [7, 11) is 1.53. The number of benzene rings is 1. The summed E-state index contributed by atoms with van der Waals surface area (Å²) in [6.45, 7) is 5.70. The molecule has 1 aromatic heterocycles. The van der Waals surface area contributed by atoms with Gasteiger partial charge in [0.05, 0.1) is 13.5 Å². The van der Waals surface area contributed by atoms with Gasteiger partial charge in [0.2, 0.25) is 11.0 Å². The first-order chi connectivity index (χ1) is 11.4. The third-order valence-corrected chi connectivity index (χ3v) is 4.20. The Balaban J connectivity index is 2.07. The van der Waals surface area contributed by atoms with E-state index in [1.807, 2.05) is 0 Å². The van der Waals surface area contributed by atoms with Crippen LogP contribution in [0.4, 0.5) is 5.13 Å². The van der Waals surface area contributed by atoms with E-state index >= 15 is 0 Å². The summed E-state index contributed by atoms with van der Waals surface area (Å²) in [4.78, 5) is 23.8. The van der Waals surface area contributed by atoms with Gasteiger partial charge in [-0.05, 0) is 31.0 Å². The van der Waals surface area contributed by atoms with E-state index in [0.717, 1.165) is 11.4 Å². The van der Waals surface area contributed by atoms with Crippen molar-refractivity contribution in [3.8, 4) is 5.75 Å². The first kappa shape index (κ1) is 18.1. The molecule has 0 spiro atoms. The van der Waals surface area contributed by atoms with E-state index in [-0.39, 0.29) is 18.1 Å². The molecular weight excluding hydrogens is 326 g/mol. The van der Waals surface area contributed by atoms with Crippen LogP contribution in [0.5, 0.6) is 5.75 Å². The molecule has 1 amide bonds. The molecule has 0 aliphatic carbocycles. The van der Waals surface area contributed by atoms with Crippen LogP contribution in [0.2, 0.25) is 0 Å². The molecule has 0 saturated heterocycles. The lowest BCUT2D eigenvalue weighted by atomic mass is 10.0. The Labute approximate surface area is 145 Å². The van der Waals surface area contributed by atoms with Gasteiger partial charge in [-0.25, -0.2) is 0 Å². The highest BCUT2D eigenvalue weighted by Gasteiger charge is 2.14. The summed E-state index contributed by atoms with van der Waals surface area (Å²) in [5.41, 5.74) is 1.21. The van der Waals surface area contributed by atoms with E-state index in [2.05, 4.69) is 29.4 Å². The van der Waals surface area contributed by atoms with Gasteiger partial charge in [0.1, 0.15) is 10.8 Å². The number of hydrogen-bond donors (Lipinski definition) is 1. The van der Waals surface area contributed by atoms with Crippen molar-refractivity contribution in [1.29, 1.82) is 0 Å². The molecular formula is C17H21N3O3S. The Morgan fingerprint density at radius 3 is 2.67 bits per heavy atom. The fourth-order valence-electron chi connectivity index (χ4n) is 2.21. The number of methoxy groups -OCH3 is 1. The molecule has 0 bridgehead atoms. The average Bonchev–Trinajstić information content (AvgIpc) is 2.93. The Morgan fingerprint density at radius 2 is 2.04 bits per heavy atom. The number of Topliss-reactive ketones (excluding diaryl/α,β-unsaturated/α-hetero) is 1. The van der Waals surface area contributed by atoms with E-state index in [1.165, 1.54) is 25.4 Å². The quantitative estimate of drug-likeness (QED) is 0.778. The molecule has 0 fully saturated rings. The third kappa shape index (κ3) is 4.86. The molecule has 1 heterocycles. The second-order valence-corrected chi connectivity index (χ2v) is 6.97. The van der Waals surface area contributed by atoms with Gasteiger partial charge < -0.3 is 10.1 Å². The lowest BCUT2D eigenvalue weighted by molar-refractivity contribution is -0.115. The molecule has 6 nitrogen and oxygen atoms in total. The molecule has 1 N–H and O–H groups in total. The molecule has 128 valence electrons. The first-order valence-electron chi connectivity index (χ1n) is 7.69. The Hall–Kier alpha value is -2.28. The van der Waals surface area contributed by atoms with Crippen molar-refractivity contribution in [2.45, 2.75) is 33.6 Å². The maximum absolute atomic E-state index is 12.2. The zero-order valence-electron chi connectivity index (χ0n) is 14.3. The molecule has 0 unspecified atom stereocenters. The Kier molecular flexibility index (Phi) is 6.03. The number of nitrogens with one attached hydrogen (secondary N) is 1. The minimum absolute atomic E-state index is 0.0539. The second kappa shape index (κ2) is 8.01. The highest BCUT2D eigenvalue weighted by Crippen LogP contribution is 2.22. The summed E-state index contributed by atoms with van der Waals surface area (Å²) >= 11 is 1.38. The minimum Gasteiger partial charge on any atom is -0.496 e. The molecule has 0 radical (unpaired) electrons. The minimum atomic E-state index is -0.221. The van der Waals surface area contributed by atoms with Gasteiger partial charge in [-0.15, -0.1) is 10.2 Å². The fraction of sp³-hybridized carbons (Fsp3) is 0.412. The van der Waals surface area contributed by atoms with Crippen LogP contribution in [0.25, 0.3) is 0 Å². The topological polar surface area (TPSA) is 81.2 Å². The predicted octanol–water partition coefficient (Wildman–Crippen LogP) is 3.13. The van der Waals surface area contributed by atoms with Gasteiger partial charge in [0.15, 0.2) is 5.78 Å². The smallest absolute Gasteiger partial charge is 0.230 e. The lowest BCUT2D eigenvalue weighted by Crippen LogP contribution is -2.15. The lowest BCUT2D eigenvalue weighted by Gasteiger charge is -2.09. The monoisotopic (exact) mass is 347 g/mol. The summed E-state index contributed by atoms with van der Waals surface area (Å²) in [5.74, 6) is 0.788. The van der Waals surface area contributed by atoms with Crippen molar-refractivity contribution < 1.29 is 14.3 Å². The molecule has 24 heavy (non-hydrogen) atoms. The zero-order valence-corrected chi connectivity index (χ0v) is 15.1. The summed E-state index contributed by atoms with van der Waals surface area (Å²) in [6, 6.07) is 5.07. The molecule has 0 aliphatic rings. The summed E-state index contributed by atoms with van der Waals surface area (Å²) in [5, 5.41) is 12.2. The number of carbonyl (C=O) groups is 2. The van der Waals surface area contributed by atoms with Gasteiger partial charge in [-0.3, -0.25) is 9.59 Å². The van der Waals surface area contributed by atoms with Crippen LogP contribution in [0, 0.1) is 5.92 Å². The van der Waals surface area contributed by atoms with Gasteiger partial charge in [-0.1, -0.05) is 25.2 Å². The van der Waals surface area contributed by atoms with Gasteiger partial charge in [-0.2, -0.15) is 0 Å². The van der Waals surface area contributed by atoms with Crippen molar-refractivity contribution in [1.82, 2.24) is 10.2 Å². The molecule has 2 aromatic rings. The van der Waals surface area contributed by atoms with Gasteiger partial charge in [0, 0.05) is 17.5 Å². The summed E-state index contributed by atoms with van der Waals surface area (Å²) in [6.07, 6.45) is 0.936. The molecule has 2 rings (SSSR count). The van der Waals surface area contributed by atoms with E-state index < -0.39 is 0 Å². The molecule has 0 atom stereocenters. The normalized spacial score (nSPS) is 10.7. The van der Waals surface area contributed by atoms with Crippen LogP contribution in [-0.2, 0) is 17.6 Å². The number of nitrogens with zero attached hydrogens (tertiary/aromatic N) is 2. The molecule has 0 saturated carbocycles. The van der Waals surface area contributed by atoms with Crippen LogP contribution >= 0.6 is 11.3 Å². The standard InChI is InChI=1S/C17H21N3O3S/c1-10(2)7-16-19-20-17(24-16)18-15(22)9-13-8-12(11(3)21)5-6-14(13)23-4/h5-6,8,10H,7,9H2,1-4H3,(H,18,20,22). The molecule has 0 aliphatic heterocycles.